The molecule has 0 aliphatic carbocycles. The molecule has 0 aromatic heterocycles. The van der Waals surface area contributed by atoms with Crippen LogP contribution < -0.4 is 0 Å². The van der Waals surface area contributed by atoms with Crippen molar-refractivity contribution in [3.63, 3.8) is 0 Å². The monoisotopic (exact) mass is 158 g/mol. The van der Waals surface area contributed by atoms with Gasteiger partial charge in [0.1, 0.15) is 16.3 Å². The van der Waals surface area contributed by atoms with E-state index in [1.165, 1.54) is 0 Å². The Kier molecular flexibility index (Phi) is 3.27. The fourth-order valence-corrected chi connectivity index (χ4v) is 0. The highest BCUT2D eigenvalue weighted by molar-refractivity contribution is 6.69. The normalized spacial score (nSPS) is 11.8. The number of alkyl halides is 3. The van der Waals surface area contributed by atoms with Gasteiger partial charge < -0.3 is 0 Å². The molecule has 0 heterocycles. The van der Waals surface area contributed by atoms with E-state index < -0.39 is 3.79 Å². The molecular weight excluding hydrogens is 157 g/mol. The van der Waals surface area contributed by atoms with Crippen LogP contribution in [-0.2, 0) is 0 Å². The molecule has 2 radical (unpaired) electrons. The van der Waals surface area contributed by atoms with E-state index in [4.69, 9.17) is 34.8 Å². The molecule has 0 amide bonds. The van der Waals surface area contributed by atoms with E-state index in [1.807, 2.05) is 0 Å². The van der Waals surface area contributed by atoms with Gasteiger partial charge in [-0.2, -0.15) is 0 Å². The Balaban J connectivity index is 3.17. The highest BCUT2D eigenvalue weighted by Gasteiger charge is 2.13. The molecule has 0 unspecified atom stereocenters. The summed E-state index contributed by atoms with van der Waals surface area (Å²) in [4.78, 5) is 0. The molecule has 4 heteroatoms. The lowest BCUT2D eigenvalue weighted by Crippen LogP contribution is -1.97. The molecule has 0 aliphatic heterocycles. The SMILES string of the molecule is [Al][CH2]C(Cl)(Cl)Cl. The largest absolute Gasteiger partial charge is 0.177 e. The molecule has 0 nitrogen and oxygen atoms in total. The number of hydrogen-bond donors (Lipinski definition) is 0. The van der Waals surface area contributed by atoms with E-state index in [1.54, 1.807) is 0 Å². The third kappa shape index (κ3) is 5.40. The molecule has 0 atom stereocenters. The molecule has 0 bridgehead atoms. The van der Waals surface area contributed by atoms with E-state index in [-0.39, 0.29) is 0 Å². The van der Waals surface area contributed by atoms with Crippen LogP contribution in [0.25, 0.3) is 0 Å². The highest BCUT2D eigenvalue weighted by atomic mass is 35.6. The summed E-state index contributed by atoms with van der Waals surface area (Å²) in [6, 6.07) is 0. The average Bonchev–Trinajstić information content (AvgIpc) is 1.35. The minimum absolute atomic E-state index is 0.484. The summed E-state index contributed by atoms with van der Waals surface area (Å²) < 4.78 is -1.08. The van der Waals surface area contributed by atoms with Gasteiger partial charge in [-0.1, -0.05) is 40.1 Å². The Morgan fingerprint density at radius 1 is 1.33 bits per heavy atom. The molecule has 0 aromatic carbocycles. The summed E-state index contributed by atoms with van der Waals surface area (Å²) in [6.07, 6.45) is 0. The van der Waals surface area contributed by atoms with Crippen LogP contribution in [0.2, 0.25) is 5.28 Å². The standard InChI is InChI=1S/C2H2Cl3.Al/c1-2(3,4)5;/h1H2;. The van der Waals surface area contributed by atoms with Crippen molar-refractivity contribution >= 4 is 51.1 Å². The van der Waals surface area contributed by atoms with Crippen molar-refractivity contribution < 1.29 is 0 Å². The lowest BCUT2D eigenvalue weighted by atomic mass is 10.9. The van der Waals surface area contributed by atoms with Gasteiger partial charge in [-0.25, -0.2) is 0 Å². The van der Waals surface area contributed by atoms with Crippen molar-refractivity contribution in [2.45, 2.75) is 9.08 Å². The maximum Gasteiger partial charge on any atom is 0.177 e. The Morgan fingerprint density at radius 2 is 1.50 bits per heavy atom. The van der Waals surface area contributed by atoms with Crippen molar-refractivity contribution in [1.29, 1.82) is 0 Å². The fourth-order valence-electron chi connectivity index (χ4n) is 0. The summed E-state index contributed by atoms with van der Waals surface area (Å²) in [5, 5.41) is 0.484. The van der Waals surface area contributed by atoms with Crippen molar-refractivity contribution in [1.82, 2.24) is 0 Å². The summed E-state index contributed by atoms with van der Waals surface area (Å²) >= 11 is 18.0. The van der Waals surface area contributed by atoms with Gasteiger partial charge in [0.05, 0.1) is 0 Å². The summed E-state index contributed by atoms with van der Waals surface area (Å²) in [5.74, 6) is 0. The second kappa shape index (κ2) is 2.65. The molecule has 0 fully saturated rings. The van der Waals surface area contributed by atoms with Crippen LogP contribution in [0.15, 0.2) is 0 Å². The quantitative estimate of drug-likeness (QED) is 0.374. The van der Waals surface area contributed by atoms with E-state index in [9.17, 15) is 0 Å². The summed E-state index contributed by atoms with van der Waals surface area (Å²) in [5.41, 5.74) is 0. The summed E-state index contributed by atoms with van der Waals surface area (Å²) in [7, 11) is 0. The lowest BCUT2D eigenvalue weighted by Gasteiger charge is -2.03. The average molecular weight is 159 g/mol. The minimum atomic E-state index is -1.08. The zero-order chi connectivity index (χ0) is 5.21. The molecule has 6 heavy (non-hydrogen) atoms. The zero-order valence-electron chi connectivity index (χ0n) is 2.92. The van der Waals surface area contributed by atoms with Crippen LogP contribution in [-0.4, -0.2) is 20.1 Å². The molecule has 0 aromatic rings. The van der Waals surface area contributed by atoms with Crippen molar-refractivity contribution in [3.05, 3.63) is 0 Å². The molecule has 34 valence electrons. The second-order valence-electron chi connectivity index (χ2n) is 0.819. The number of halogens is 3. The van der Waals surface area contributed by atoms with Crippen molar-refractivity contribution in [2.24, 2.45) is 0 Å². The van der Waals surface area contributed by atoms with Crippen LogP contribution >= 0.6 is 34.8 Å². The second-order valence-corrected chi connectivity index (χ2v) is 3.74. The van der Waals surface area contributed by atoms with Gasteiger partial charge in [0.25, 0.3) is 0 Å². The van der Waals surface area contributed by atoms with E-state index in [0.717, 1.165) is 0 Å². The molecule has 0 N–H and O–H groups in total. The fraction of sp³-hybridized carbons (Fsp3) is 1.00. The Hall–Kier alpha value is 1.40. The molecule has 0 saturated heterocycles. The molecular formula is C2H2AlCl3. The van der Waals surface area contributed by atoms with E-state index in [0.29, 0.717) is 5.28 Å². The first-order valence-electron chi connectivity index (χ1n) is 1.33. The predicted molar refractivity (Wildman–Crippen MR) is 30.9 cm³/mol. The van der Waals surface area contributed by atoms with Crippen LogP contribution in [0.3, 0.4) is 0 Å². The molecule has 0 rings (SSSR count). The first-order chi connectivity index (χ1) is 2.56. The zero-order valence-corrected chi connectivity index (χ0v) is 6.34. The molecule has 0 spiro atoms. The van der Waals surface area contributed by atoms with Crippen LogP contribution in [0, 0.1) is 0 Å². The van der Waals surface area contributed by atoms with Gasteiger partial charge in [0, 0.05) is 0 Å². The Bertz CT molecular complexity index is 38.5. The van der Waals surface area contributed by atoms with Crippen LogP contribution in [0.1, 0.15) is 0 Å². The maximum atomic E-state index is 5.23. The maximum absolute atomic E-state index is 5.23. The van der Waals surface area contributed by atoms with Gasteiger partial charge in [-0.3, -0.25) is 0 Å². The topological polar surface area (TPSA) is 0 Å². The third-order valence-electron chi connectivity index (χ3n) is 0.231. The molecule has 0 aliphatic rings. The minimum Gasteiger partial charge on any atom is -0.0852 e. The first-order valence-corrected chi connectivity index (χ1v) is 3.28. The Morgan fingerprint density at radius 3 is 1.50 bits per heavy atom. The predicted octanol–water partition coefficient (Wildman–Crippen LogP) is 1.94. The third-order valence-corrected chi connectivity index (χ3v) is 2.08. The van der Waals surface area contributed by atoms with Gasteiger partial charge >= 0.3 is 0 Å². The highest BCUT2D eigenvalue weighted by Crippen LogP contribution is 2.28. The number of rotatable bonds is 0. The first kappa shape index (κ1) is 7.40. The smallest absolute Gasteiger partial charge is 0.0852 e. The van der Waals surface area contributed by atoms with E-state index >= 15 is 0 Å². The number of hydrogen-bond acceptors (Lipinski definition) is 0. The van der Waals surface area contributed by atoms with Crippen molar-refractivity contribution in [2.75, 3.05) is 0 Å². The molecule has 0 saturated carbocycles. The van der Waals surface area contributed by atoms with Gasteiger partial charge in [-0.15, -0.1) is 0 Å². The van der Waals surface area contributed by atoms with Crippen molar-refractivity contribution in [3.8, 4) is 0 Å². The Labute approximate surface area is 60.2 Å². The van der Waals surface area contributed by atoms with Gasteiger partial charge in [0.2, 0.25) is 0 Å². The van der Waals surface area contributed by atoms with E-state index in [2.05, 4.69) is 16.3 Å². The summed E-state index contributed by atoms with van der Waals surface area (Å²) in [6.45, 7) is 0. The van der Waals surface area contributed by atoms with Gasteiger partial charge in [0.15, 0.2) is 3.79 Å². The van der Waals surface area contributed by atoms with Crippen LogP contribution in [0.4, 0.5) is 0 Å². The van der Waals surface area contributed by atoms with Crippen LogP contribution in [0.5, 0.6) is 0 Å². The van der Waals surface area contributed by atoms with Gasteiger partial charge in [-0.05, 0) is 0 Å². The lowest BCUT2D eigenvalue weighted by molar-refractivity contribution is 1.26.